The van der Waals surface area contributed by atoms with Gasteiger partial charge in [-0.2, -0.15) is 0 Å². The van der Waals surface area contributed by atoms with Crippen LogP contribution in [0.25, 0.3) is 0 Å². The second-order valence-corrected chi connectivity index (χ2v) is 4.30. The number of fused-ring (bicyclic) bond motifs is 1. The Labute approximate surface area is 88.3 Å². The van der Waals surface area contributed by atoms with Gasteiger partial charge in [0.25, 0.3) is 0 Å². The Morgan fingerprint density at radius 3 is 2.93 bits per heavy atom. The third kappa shape index (κ3) is 1.76. The Balaban J connectivity index is 2.38. The molecule has 1 heterocycles. The average molecular weight is 209 g/mol. The van der Waals surface area contributed by atoms with Gasteiger partial charge in [0.05, 0.1) is 5.69 Å². The largest absolute Gasteiger partial charge is 0.481 e. The topological polar surface area (TPSA) is 63.3 Å². The lowest BCUT2D eigenvalue weighted by Crippen LogP contribution is -2.17. The van der Waals surface area contributed by atoms with Gasteiger partial charge in [-0.25, -0.2) is 4.98 Å². The van der Waals surface area contributed by atoms with Crippen molar-refractivity contribution in [2.75, 3.05) is 0 Å². The Morgan fingerprint density at radius 2 is 2.33 bits per heavy atom. The molecule has 0 aromatic carbocycles. The first-order valence-corrected chi connectivity index (χ1v) is 5.32. The lowest BCUT2D eigenvalue weighted by Gasteiger charge is -2.15. The van der Waals surface area contributed by atoms with Crippen LogP contribution in [0.15, 0.2) is 4.42 Å². The lowest BCUT2D eigenvalue weighted by molar-refractivity contribution is -0.139. The number of hydrogen-bond donors (Lipinski definition) is 1. The smallest absolute Gasteiger partial charge is 0.312 e. The molecule has 82 valence electrons. The molecule has 4 nitrogen and oxygen atoms in total. The summed E-state index contributed by atoms with van der Waals surface area (Å²) in [4.78, 5) is 15.3. The van der Waals surface area contributed by atoms with Gasteiger partial charge in [0.1, 0.15) is 11.7 Å². The highest BCUT2D eigenvalue weighted by atomic mass is 16.4. The average Bonchev–Trinajstić information content (AvgIpc) is 2.60. The zero-order chi connectivity index (χ0) is 11.0. The number of nitrogens with zero attached hydrogens (tertiary/aromatic N) is 1. The van der Waals surface area contributed by atoms with Gasteiger partial charge in [0.15, 0.2) is 5.89 Å². The molecule has 1 atom stereocenters. The fourth-order valence-electron chi connectivity index (χ4n) is 1.92. The molecule has 4 heteroatoms. The van der Waals surface area contributed by atoms with Gasteiger partial charge in [-0.1, -0.05) is 13.8 Å². The van der Waals surface area contributed by atoms with E-state index in [-0.39, 0.29) is 5.92 Å². The van der Waals surface area contributed by atoms with Gasteiger partial charge < -0.3 is 9.52 Å². The molecule has 1 aliphatic rings. The van der Waals surface area contributed by atoms with Crippen LogP contribution in [0.3, 0.4) is 0 Å². The normalized spacial score (nSPS) is 20.3. The SMILES string of the molecule is CC(C)c1nc2c(o1)CCCC2C(=O)O. The summed E-state index contributed by atoms with van der Waals surface area (Å²) in [5, 5.41) is 9.05. The number of carboxylic acid groups (broad SMARTS) is 1. The number of hydrogen-bond acceptors (Lipinski definition) is 3. The molecule has 0 amide bonds. The summed E-state index contributed by atoms with van der Waals surface area (Å²) in [5.41, 5.74) is 0.650. The highest BCUT2D eigenvalue weighted by molar-refractivity contribution is 5.76. The maximum atomic E-state index is 11.0. The number of carbonyl (C=O) groups is 1. The first-order chi connectivity index (χ1) is 7.09. The van der Waals surface area contributed by atoms with E-state index >= 15 is 0 Å². The molecular weight excluding hydrogens is 194 g/mol. The molecule has 1 aliphatic carbocycles. The van der Waals surface area contributed by atoms with E-state index in [0.717, 1.165) is 18.6 Å². The van der Waals surface area contributed by atoms with Gasteiger partial charge in [0.2, 0.25) is 0 Å². The van der Waals surface area contributed by atoms with Crippen LogP contribution >= 0.6 is 0 Å². The molecule has 1 unspecified atom stereocenters. The molecule has 0 aliphatic heterocycles. The minimum absolute atomic E-state index is 0.213. The number of aryl methyl sites for hydroxylation is 1. The van der Waals surface area contributed by atoms with Crippen molar-refractivity contribution in [1.29, 1.82) is 0 Å². The van der Waals surface area contributed by atoms with Crippen LogP contribution in [0.1, 0.15) is 55.9 Å². The Morgan fingerprint density at radius 1 is 1.60 bits per heavy atom. The molecular formula is C11H15NO3. The monoisotopic (exact) mass is 209 g/mol. The van der Waals surface area contributed by atoms with E-state index in [1.807, 2.05) is 13.8 Å². The van der Waals surface area contributed by atoms with Crippen LogP contribution in [-0.2, 0) is 11.2 Å². The first-order valence-electron chi connectivity index (χ1n) is 5.32. The van der Waals surface area contributed by atoms with Crippen molar-refractivity contribution in [1.82, 2.24) is 4.98 Å². The molecule has 1 aromatic heterocycles. The van der Waals surface area contributed by atoms with E-state index in [1.165, 1.54) is 0 Å². The first kappa shape index (κ1) is 10.2. The third-order valence-electron chi connectivity index (χ3n) is 2.76. The van der Waals surface area contributed by atoms with Gasteiger partial charge in [-0.15, -0.1) is 0 Å². The molecule has 1 aromatic rings. The Bertz CT molecular complexity index is 381. The van der Waals surface area contributed by atoms with Crippen LogP contribution in [-0.4, -0.2) is 16.1 Å². The quantitative estimate of drug-likeness (QED) is 0.811. The summed E-state index contributed by atoms with van der Waals surface area (Å²) >= 11 is 0. The van der Waals surface area contributed by atoms with Crippen LogP contribution in [0.4, 0.5) is 0 Å². The number of aromatic nitrogens is 1. The molecule has 0 saturated carbocycles. The fraction of sp³-hybridized carbons (Fsp3) is 0.636. The molecule has 0 saturated heterocycles. The summed E-state index contributed by atoms with van der Waals surface area (Å²) in [7, 11) is 0. The van der Waals surface area contributed by atoms with E-state index in [9.17, 15) is 4.79 Å². The number of aliphatic carboxylic acids is 1. The minimum atomic E-state index is -0.792. The summed E-state index contributed by atoms with van der Waals surface area (Å²) < 4.78 is 5.57. The fourth-order valence-corrected chi connectivity index (χ4v) is 1.92. The van der Waals surface area contributed by atoms with Gasteiger partial charge in [0, 0.05) is 12.3 Å². The molecule has 15 heavy (non-hydrogen) atoms. The molecule has 0 fully saturated rings. The number of carboxylic acids is 1. The van der Waals surface area contributed by atoms with Gasteiger partial charge in [-0.3, -0.25) is 4.79 Å². The van der Waals surface area contributed by atoms with Crippen molar-refractivity contribution in [3.05, 3.63) is 17.3 Å². The maximum Gasteiger partial charge on any atom is 0.312 e. The van der Waals surface area contributed by atoms with Gasteiger partial charge in [-0.05, 0) is 12.8 Å². The van der Waals surface area contributed by atoms with Crippen LogP contribution in [0.2, 0.25) is 0 Å². The zero-order valence-corrected chi connectivity index (χ0v) is 8.99. The maximum absolute atomic E-state index is 11.0. The predicted octanol–water partition coefficient (Wildman–Crippen LogP) is 2.30. The summed E-state index contributed by atoms with van der Waals surface area (Å²) in [6.07, 6.45) is 2.36. The van der Waals surface area contributed by atoms with Crippen LogP contribution in [0, 0.1) is 0 Å². The van der Waals surface area contributed by atoms with Crippen molar-refractivity contribution in [2.45, 2.75) is 44.9 Å². The minimum Gasteiger partial charge on any atom is -0.481 e. The second-order valence-electron chi connectivity index (χ2n) is 4.30. The van der Waals surface area contributed by atoms with Crippen molar-refractivity contribution in [3.63, 3.8) is 0 Å². The van der Waals surface area contributed by atoms with E-state index in [1.54, 1.807) is 0 Å². The highest BCUT2D eigenvalue weighted by Crippen LogP contribution is 2.33. The molecule has 0 bridgehead atoms. The van der Waals surface area contributed by atoms with Crippen LogP contribution < -0.4 is 0 Å². The summed E-state index contributed by atoms with van der Waals surface area (Å²) in [6, 6.07) is 0. The number of rotatable bonds is 2. The number of oxazole rings is 1. The van der Waals surface area contributed by atoms with E-state index in [4.69, 9.17) is 9.52 Å². The zero-order valence-electron chi connectivity index (χ0n) is 8.99. The van der Waals surface area contributed by atoms with Crippen molar-refractivity contribution in [3.8, 4) is 0 Å². The predicted molar refractivity (Wildman–Crippen MR) is 53.9 cm³/mol. The van der Waals surface area contributed by atoms with E-state index < -0.39 is 11.9 Å². The molecule has 0 radical (unpaired) electrons. The summed E-state index contributed by atoms with van der Waals surface area (Å²) in [5.74, 6) is 0.389. The third-order valence-corrected chi connectivity index (χ3v) is 2.76. The highest BCUT2D eigenvalue weighted by Gasteiger charge is 2.31. The van der Waals surface area contributed by atoms with Crippen molar-refractivity contribution >= 4 is 5.97 Å². The van der Waals surface area contributed by atoms with Crippen LogP contribution in [0.5, 0.6) is 0 Å². The van der Waals surface area contributed by atoms with Crippen molar-refractivity contribution < 1.29 is 14.3 Å². The molecule has 2 rings (SSSR count). The Kier molecular flexibility index (Phi) is 2.50. The van der Waals surface area contributed by atoms with E-state index in [0.29, 0.717) is 18.0 Å². The second kappa shape index (κ2) is 3.68. The van der Waals surface area contributed by atoms with E-state index in [2.05, 4.69) is 4.98 Å². The molecule has 0 spiro atoms. The van der Waals surface area contributed by atoms with Crippen molar-refractivity contribution in [2.24, 2.45) is 0 Å². The summed E-state index contributed by atoms with van der Waals surface area (Å²) in [6.45, 7) is 3.99. The van der Waals surface area contributed by atoms with Gasteiger partial charge >= 0.3 is 5.97 Å². The molecule has 1 N–H and O–H groups in total. The Hall–Kier alpha value is -1.32. The standard InChI is InChI=1S/C11H15NO3/c1-6(2)10-12-9-7(11(13)14)4-3-5-8(9)15-10/h6-7H,3-5H2,1-2H3,(H,13,14). The lowest BCUT2D eigenvalue weighted by atomic mass is 9.91.